The first-order valence-corrected chi connectivity index (χ1v) is 8.74. The highest BCUT2D eigenvalue weighted by Gasteiger charge is 2.13. The molecule has 2 aromatic carbocycles. The number of halogens is 1. The number of para-hydroxylation sites is 1. The standard InChI is InChI=1S/C20H19FN4O3/c1-25(20(28)13-6-4-7-14(21)12-13)11-5-10-22-19(27)17-23-16-9-3-2-8-15(16)18(26)24-17/h2-4,6-9,12H,5,10-11H2,1H3,(H,22,27)(H,23,24,26). The van der Waals surface area contributed by atoms with Crippen molar-refractivity contribution in [3.05, 3.63) is 76.1 Å². The Hall–Kier alpha value is -3.55. The van der Waals surface area contributed by atoms with Crippen molar-refractivity contribution >= 4 is 22.7 Å². The molecule has 0 saturated carbocycles. The summed E-state index contributed by atoms with van der Waals surface area (Å²) >= 11 is 0. The molecule has 3 rings (SSSR count). The van der Waals surface area contributed by atoms with Gasteiger partial charge in [0.15, 0.2) is 5.82 Å². The van der Waals surface area contributed by atoms with Crippen molar-refractivity contribution in [2.45, 2.75) is 6.42 Å². The average molecular weight is 382 g/mol. The first-order chi connectivity index (χ1) is 13.5. The highest BCUT2D eigenvalue weighted by molar-refractivity contribution is 5.94. The molecule has 0 radical (unpaired) electrons. The molecule has 7 nitrogen and oxygen atoms in total. The summed E-state index contributed by atoms with van der Waals surface area (Å²) in [6.45, 7) is 0.660. The van der Waals surface area contributed by atoms with Crippen molar-refractivity contribution in [1.82, 2.24) is 20.2 Å². The minimum atomic E-state index is -0.498. The van der Waals surface area contributed by atoms with Gasteiger partial charge in [-0.3, -0.25) is 14.4 Å². The SMILES string of the molecule is CN(CCCNC(=O)c1nc2ccccc2c(=O)[nH]1)C(=O)c1cccc(F)c1. The van der Waals surface area contributed by atoms with E-state index < -0.39 is 11.7 Å². The average Bonchev–Trinajstić information content (AvgIpc) is 2.70. The van der Waals surface area contributed by atoms with Crippen LogP contribution in [0, 0.1) is 5.82 Å². The number of aromatic amines is 1. The van der Waals surface area contributed by atoms with Gasteiger partial charge >= 0.3 is 0 Å². The van der Waals surface area contributed by atoms with Gasteiger partial charge < -0.3 is 15.2 Å². The van der Waals surface area contributed by atoms with Crippen LogP contribution in [0.5, 0.6) is 0 Å². The van der Waals surface area contributed by atoms with E-state index in [-0.39, 0.29) is 29.4 Å². The number of H-pyrrole nitrogens is 1. The first-order valence-electron chi connectivity index (χ1n) is 8.74. The van der Waals surface area contributed by atoms with E-state index in [1.807, 2.05) is 0 Å². The molecule has 0 bridgehead atoms. The highest BCUT2D eigenvalue weighted by Crippen LogP contribution is 2.07. The molecule has 0 saturated heterocycles. The Labute approximate surface area is 160 Å². The second kappa shape index (κ2) is 8.43. The molecule has 0 unspecified atom stereocenters. The lowest BCUT2D eigenvalue weighted by atomic mass is 10.2. The van der Waals surface area contributed by atoms with Crippen molar-refractivity contribution < 1.29 is 14.0 Å². The van der Waals surface area contributed by atoms with E-state index >= 15 is 0 Å². The van der Waals surface area contributed by atoms with Crippen LogP contribution >= 0.6 is 0 Å². The van der Waals surface area contributed by atoms with Gasteiger partial charge in [0.25, 0.3) is 17.4 Å². The molecule has 8 heteroatoms. The van der Waals surface area contributed by atoms with Crippen LogP contribution in [-0.4, -0.2) is 46.8 Å². The van der Waals surface area contributed by atoms with E-state index in [0.29, 0.717) is 23.9 Å². The third-order valence-electron chi connectivity index (χ3n) is 4.20. The molecule has 1 heterocycles. The van der Waals surface area contributed by atoms with E-state index in [1.165, 1.54) is 23.1 Å². The van der Waals surface area contributed by atoms with Crippen LogP contribution in [-0.2, 0) is 0 Å². The van der Waals surface area contributed by atoms with Crippen molar-refractivity contribution in [3.63, 3.8) is 0 Å². The van der Waals surface area contributed by atoms with Gasteiger partial charge in [-0.2, -0.15) is 0 Å². The molecular weight excluding hydrogens is 363 g/mol. The Morgan fingerprint density at radius 1 is 1.18 bits per heavy atom. The summed E-state index contributed by atoms with van der Waals surface area (Å²) in [7, 11) is 1.61. The molecule has 0 aliphatic carbocycles. The third kappa shape index (κ3) is 4.40. The lowest BCUT2D eigenvalue weighted by molar-refractivity contribution is 0.0793. The Morgan fingerprint density at radius 2 is 1.96 bits per heavy atom. The number of nitrogens with one attached hydrogen (secondary N) is 2. The van der Waals surface area contributed by atoms with E-state index in [4.69, 9.17) is 0 Å². The molecule has 144 valence electrons. The topological polar surface area (TPSA) is 95.2 Å². The number of fused-ring (bicyclic) bond motifs is 1. The van der Waals surface area contributed by atoms with Crippen LogP contribution in [0.2, 0.25) is 0 Å². The fraction of sp³-hybridized carbons (Fsp3) is 0.200. The number of benzene rings is 2. The van der Waals surface area contributed by atoms with Crippen LogP contribution in [0.1, 0.15) is 27.4 Å². The summed E-state index contributed by atoms with van der Waals surface area (Å²) < 4.78 is 13.2. The second-order valence-electron chi connectivity index (χ2n) is 6.28. The maximum atomic E-state index is 13.2. The van der Waals surface area contributed by atoms with E-state index in [1.54, 1.807) is 37.4 Å². The Balaban J connectivity index is 1.53. The number of nitrogens with zero attached hydrogens (tertiary/aromatic N) is 2. The number of carbonyl (C=O) groups excluding carboxylic acids is 2. The number of hydrogen-bond acceptors (Lipinski definition) is 4. The molecule has 0 fully saturated rings. The highest BCUT2D eigenvalue weighted by atomic mass is 19.1. The predicted molar refractivity (Wildman–Crippen MR) is 103 cm³/mol. The summed E-state index contributed by atoms with van der Waals surface area (Å²) in [5, 5.41) is 3.08. The quantitative estimate of drug-likeness (QED) is 0.637. The lowest BCUT2D eigenvalue weighted by Gasteiger charge is -2.17. The zero-order valence-electron chi connectivity index (χ0n) is 15.2. The molecule has 0 spiro atoms. The summed E-state index contributed by atoms with van der Waals surface area (Å²) in [6.07, 6.45) is 0.487. The maximum Gasteiger partial charge on any atom is 0.287 e. The van der Waals surface area contributed by atoms with Gasteiger partial charge in [0.2, 0.25) is 0 Å². The van der Waals surface area contributed by atoms with Crippen LogP contribution in [0.4, 0.5) is 4.39 Å². The monoisotopic (exact) mass is 382 g/mol. The van der Waals surface area contributed by atoms with Gasteiger partial charge in [-0.25, -0.2) is 9.37 Å². The number of rotatable bonds is 6. The van der Waals surface area contributed by atoms with Gasteiger partial charge in [-0.15, -0.1) is 0 Å². The second-order valence-corrected chi connectivity index (χ2v) is 6.28. The van der Waals surface area contributed by atoms with Gasteiger partial charge in [-0.05, 0) is 36.8 Å². The van der Waals surface area contributed by atoms with E-state index in [2.05, 4.69) is 15.3 Å². The fourth-order valence-corrected chi connectivity index (χ4v) is 2.74. The summed E-state index contributed by atoms with van der Waals surface area (Å²) in [5.74, 6) is -1.33. The molecule has 3 aromatic rings. The molecule has 0 aliphatic rings. The van der Waals surface area contributed by atoms with Crippen molar-refractivity contribution in [2.75, 3.05) is 20.1 Å². The smallest absolute Gasteiger partial charge is 0.287 e. The third-order valence-corrected chi connectivity index (χ3v) is 4.20. The molecule has 28 heavy (non-hydrogen) atoms. The van der Waals surface area contributed by atoms with Crippen LogP contribution in [0.15, 0.2) is 53.3 Å². The van der Waals surface area contributed by atoms with E-state index in [9.17, 15) is 18.8 Å². The number of hydrogen-bond donors (Lipinski definition) is 2. The zero-order valence-corrected chi connectivity index (χ0v) is 15.2. The molecule has 1 aromatic heterocycles. The Bertz CT molecular complexity index is 1080. The number of carbonyl (C=O) groups is 2. The maximum absolute atomic E-state index is 13.2. The predicted octanol–water partition coefficient (Wildman–Crippen LogP) is 1.95. The minimum absolute atomic E-state index is 0.0621. The van der Waals surface area contributed by atoms with Crippen LogP contribution in [0.3, 0.4) is 0 Å². The van der Waals surface area contributed by atoms with Gasteiger partial charge in [0.1, 0.15) is 5.82 Å². The summed E-state index contributed by atoms with van der Waals surface area (Å²) in [4.78, 5) is 44.5. The van der Waals surface area contributed by atoms with Crippen molar-refractivity contribution in [1.29, 1.82) is 0 Å². The molecule has 2 N–H and O–H groups in total. The van der Waals surface area contributed by atoms with Gasteiger partial charge in [0.05, 0.1) is 10.9 Å². The van der Waals surface area contributed by atoms with Crippen molar-refractivity contribution in [2.24, 2.45) is 0 Å². The van der Waals surface area contributed by atoms with Gasteiger partial charge in [-0.1, -0.05) is 18.2 Å². The molecular formula is C20H19FN4O3. The normalized spacial score (nSPS) is 10.6. The Morgan fingerprint density at radius 3 is 2.75 bits per heavy atom. The fourth-order valence-electron chi connectivity index (χ4n) is 2.74. The first kappa shape index (κ1) is 19.2. The van der Waals surface area contributed by atoms with Crippen LogP contribution in [0.25, 0.3) is 10.9 Å². The summed E-state index contributed by atoms with van der Waals surface area (Å²) in [6, 6.07) is 12.2. The summed E-state index contributed by atoms with van der Waals surface area (Å²) in [5.41, 5.74) is 0.331. The minimum Gasteiger partial charge on any atom is -0.349 e. The largest absolute Gasteiger partial charge is 0.349 e. The Kier molecular flexibility index (Phi) is 5.78. The number of amides is 2. The van der Waals surface area contributed by atoms with Crippen LogP contribution < -0.4 is 10.9 Å². The molecule has 0 aliphatic heterocycles. The number of aromatic nitrogens is 2. The lowest BCUT2D eigenvalue weighted by Crippen LogP contribution is -2.32. The molecule has 2 amide bonds. The van der Waals surface area contributed by atoms with Gasteiger partial charge in [0, 0.05) is 25.7 Å². The van der Waals surface area contributed by atoms with Crippen molar-refractivity contribution in [3.8, 4) is 0 Å². The van der Waals surface area contributed by atoms with E-state index in [0.717, 1.165) is 0 Å². The zero-order chi connectivity index (χ0) is 20.1. The molecule has 0 atom stereocenters.